The van der Waals surface area contributed by atoms with Crippen molar-refractivity contribution in [2.24, 2.45) is 5.84 Å². The van der Waals surface area contributed by atoms with Crippen molar-refractivity contribution in [2.45, 2.75) is 0 Å². The lowest BCUT2D eigenvalue weighted by atomic mass is 10.3. The summed E-state index contributed by atoms with van der Waals surface area (Å²) in [6, 6.07) is 2.87. The molecule has 1 aromatic rings. The molecule has 1 fully saturated rings. The summed E-state index contributed by atoms with van der Waals surface area (Å²) >= 11 is 0. The summed E-state index contributed by atoms with van der Waals surface area (Å²) in [7, 11) is 0. The third-order valence-electron chi connectivity index (χ3n) is 2.51. The Labute approximate surface area is 97.5 Å². The number of hydrazine groups is 1. The van der Waals surface area contributed by atoms with E-state index >= 15 is 0 Å². The molecule has 92 valence electrons. The Bertz CT molecular complexity index is 419. The Morgan fingerprint density at radius 2 is 2.18 bits per heavy atom. The van der Waals surface area contributed by atoms with Crippen LogP contribution >= 0.6 is 0 Å². The standard InChI is InChI=1S/C9H13N5O3/c10-12-8-2-1-7(14(15)16)9(11-8)13-3-5-17-6-4-13/h1-2H,3-6,10H2,(H,11,12). The number of nitrogens with zero attached hydrogens (tertiary/aromatic N) is 3. The van der Waals surface area contributed by atoms with E-state index in [0.717, 1.165) is 0 Å². The molecule has 0 radical (unpaired) electrons. The van der Waals surface area contributed by atoms with Crippen LogP contribution in [0.4, 0.5) is 17.3 Å². The molecule has 2 heterocycles. The van der Waals surface area contributed by atoms with Crippen molar-refractivity contribution >= 4 is 17.3 Å². The van der Waals surface area contributed by atoms with Crippen LogP contribution < -0.4 is 16.2 Å². The van der Waals surface area contributed by atoms with E-state index < -0.39 is 4.92 Å². The van der Waals surface area contributed by atoms with Gasteiger partial charge in [0.25, 0.3) is 0 Å². The molecule has 0 aromatic carbocycles. The van der Waals surface area contributed by atoms with Crippen LogP contribution in [-0.2, 0) is 4.74 Å². The van der Waals surface area contributed by atoms with Crippen molar-refractivity contribution < 1.29 is 9.66 Å². The molecule has 3 N–H and O–H groups in total. The van der Waals surface area contributed by atoms with E-state index in [9.17, 15) is 10.1 Å². The number of aromatic nitrogens is 1. The number of anilines is 2. The monoisotopic (exact) mass is 239 g/mol. The van der Waals surface area contributed by atoms with Gasteiger partial charge in [-0.1, -0.05) is 0 Å². The number of pyridine rings is 1. The quantitative estimate of drug-likeness (QED) is 0.438. The summed E-state index contributed by atoms with van der Waals surface area (Å²) in [6.45, 7) is 2.25. The first-order chi connectivity index (χ1) is 8.22. The van der Waals surface area contributed by atoms with Crippen molar-refractivity contribution in [3.63, 3.8) is 0 Å². The van der Waals surface area contributed by atoms with Crippen LogP contribution in [0, 0.1) is 10.1 Å². The fourth-order valence-electron chi connectivity index (χ4n) is 1.67. The highest BCUT2D eigenvalue weighted by Crippen LogP contribution is 2.27. The van der Waals surface area contributed by atoms with Gasteiger partial charge in [0.15, 0.2) is 0 Å². The largest absolute Gasteiger partial charge is 0.378 e. The number of nitrogens with two attached hydrogens (primary N) is 1. The average Bonchev–Trinajstić information content (AvgIpc) is 2.39. The van der Waals surface area contributed by atoms with E-state index in [-0.39, 0.29) is 5.69 Å². The Morgan fingerprint density at radius 1 is 1.47 bits per heavy atom. The topological polar surface area (TPSA) is 107 Å². The molecule has 0 bridgehead atoms. The summed E-state index contributed by atoms with van der Waals surface area (Å²) in [5.41, 5.74) is 2.36. The molecular formula is C9H13N5O3. The smallest absolute Gasteiger partial charge is 0.311 e. The molecule has 0 atom stereocenters. The molecule has 1 aliphatic heterocycles. The summed E-state index contributed by atoms with van der Waals surface area (Å²) in [6.07, 6.45) is 0. The maximum atomic E-state index is 10.9. The van der Waals surface area contributed by atoms with Crippen molar-refractivity contribution in [1.29, 1.82) is 0 Å². The van der Waals surface area contributed by atoms with Gasteiger partial charge in [0.2, 0.25) is 5.82 Å². The minimum absolute atomic E-state index is 0.0223. The predicted octanol–water partition coefficient (Wildman–Crippen LogP) is 0.112. The van der Waals surface area contributed by atoms with Crippen molar-refractivity contribution in [1.82, 2.24) is 4.98 Å². The van der Waals surface area contributed by atoms with Gasteiger partial charge in [-0.25, -0.2) is 10.8 Å². The molecule has 1 aromatic heterocycles. The first-order valence-corrected chi connectivity index (χ1v) is 5.17. The zero-order valence-corrected chi connectivity index (χ0v) is 9.13. The molecule has 0 amide bonds. The van der Waals surface area contributed by atoms with E-state index in [4.69, 9.17) is 10.6 Å². The van der Waals surface area contributed by atoms with E-state index in [2.05, 4.69) is 10.4 Å². The fourth-order valence-corrected chi connectivity index (χ4v) is 1.67. The van der Waals surface area contributed by atoms with Gasteiger partial charge in [-0.05, 0) is 6.07 Å². The maximum absolute atomic E-state index is 10.9. The lowest BCUT2D eigenvalue weighted by molar-refractivity contribution is -0.384. The van der Waals surface area contributed by atoms with Crippen LogP contribution in [0.1, 0.15) is 0 Å². The Balaban J connectivity index is 2.36. The highest BCUT2D eigenvalue weighted by molar-refractivity contribution is 5.61. The lowest BCUT2D eigenvalue weighted by Crippen LogP contribution is -2.37. The SMILES string of the molecule is NNc1ccc([N+](=O)[O-])c(N2CCOCC2)n1. The molecule has 1 saturated heterocycles. The first-order valence-electron chi connectivity index (χ1n) is 5.17. The van der Waals surface area contributed by atoms with E-state index in [1.165, 1.54) is 12.1 Å². The molecular weight excluding hydrogens is 226 g/mol. The molecule has 0 aliphatic carbocycles. The summed E-state index contributed by atoms with van der Waals surface area (Å²) in [5, 5.41) is 10.9. The van der Waals surface area contributed by atoms with Crippen molar-refractivity contribution in [3.8, 4) is 0 Å². The second-order valence-electron chi connectivity index (χ2n) is 3.54. The lowest BCUT2D eigenvalue weighted by Gasteiger charge is -2.27. The normalized spacial score (nSPS) is 15.7. The predicted molar refractivity (Wildman–Crippen MR) is 61.7 cm³/mol. The molecule has 0 unspecified atom stereocenters. The number of hydrogen-bond acceptors (Lipinski definition) is 7. The van der Waals surface area contributed by atoms with Gasteiger partial charge in [0.05, 0.1) is 18.1 Å². The minimum Gasteiger partial charge on any atom is -0.378 e. The number of ether oxygens (including phenoxy) is 1. The van der Waals surface area contributed by atoms with Crippen LogP contribution in [0.3, 0.4) is 0 Å². The van der Waals surface area contributed by atoms with E-state index in [0.29, 0.717) is 37.9 Å². The van der Waals surface area contributed by atoms with Crippen LogP contribution in [-0.4, -0.2) is 36.2 Å². The number of rotatable bonds is 3. The van der Waals surface area contributed by atoms with E-state index in [1.54, 1.807) is 0 Å². The molecule has 0 saturated carbocycles. The number of nitro groups is 1. The number of nitrogens with one attached hydrogen (secondary N) is 1. The Kier molecular flexibility index (Phi) is 3.35. The number of nitrogen functional groups attached to an aromatic ring is 1. The highest BCUT2D eigenvalue weighted by atomic mass is 16.6. The molecule has 2 rings (SSSR count). The zero-order valence-electron chi connectivity index (χ0n) is 9.13. The Hall–Kier alpha value is -1.93. The van der Waals surface area contributed by atoms with Gasteiger partial charge in [-0.2, -0.15) is 0 Å². The number of hydrogen-bond donors (Lipinski definition) is 2. The first kappa shape index (κ1) is 11.6. The van der Waals surface area contributed by atoms with Gasteiger partial charge in [0, 0.05) is 19.2 Å². The summed E-state index contributed by atoms with van der Waals surface area (Å²) in [5.74, 6) is 5.98. The summed E-state index contributed by atoms with van der Waals surface area (Å²) < 4.78 is 5.20. The van der Waals surface area contributed by atoms with Gasteiger partial charge in [-0.15, -0.1) is 0 Å². The molecule has 0 spiro atoms. The molecule has 8 nitrogen and oxygen atoms in total. The van der Waals surface area contributed by atoms with Gasteiger partial charge in [0.1, 0.15) is 5.82 Å². The third kappa shape index (κ3) is 2.43. The van der Waals surface area contributed by atoms with Crippen molar-refractivity contribution in [2.75, 3.05) is 36.6 Å². The van der Waals surface area contributed by atoms with Crippen LogP contribution in [0.15, 0.2) is 12.1 Å². The van der Waals surface area contributed by atoms with Crippen LogP contribution in [0.2, 0.25) is 0 Å². The van der Waals surface area contributed by atoms with E-state index in [1.807, 2.05) is 4.90 Å². The van der Waals surface area contributed by atoms with Crippen molar-refractivity contribution in [3.05, 3.63) is 22.2 Å². The molecule has 17 heavy (non-hydrogen) atoms. The maximum Gasteiger partial charge on any atom is 0.311 e. The molecule has 8 heteroatoms. The summed E-state index contributed by atoms with van der Waals surface area (Å²) in [4.78, 5) is 16.4. The number of morpholine rings is 1. The fraction of sp³-hybridized carbons (Fsp3) is 0.444. The molecule has 1 aliphatic rings. The van der Waals surface area contributed by atoms with Gasteiger partial charge >= 0.3 is 5.69 Å². The zero-order chi connectivity index (χ0) is 12.3. The Morgan fingerprint density at radius 3 is 2.76 bits per heavy atom. The second kappa shape index (κ2) is 4.93. The van der Waals surface area contributed by atoms with Crippen LogP contribution in [0.5, 0.6) is 0 Å². The highest BCUT2D eigenvalue weighted by Gasteiger charge is 2.23. The third-order valence-corrected chi connectivity index (χ3v) is 2.51. The van der Waals surface area contributed by atoms with Gasteiger partial charge in [-0.3, -0.25) is 10.1 Å². The van der Waals surface area contributed by atoms with Gasteiger partial charge < -0.3 is 15.1 Å². The second-order valence-corrected chi connectivity index (χ2v) is 3.54. The average molecular weight is 239 g/mol. The minimum atomic E-state index is -0.446. The van der Waals surface area contributed by atoms with Crippen LogP contribution in [0.25, 0.3) is 0 Å².